The van der Waals surface area contributed by atoms with Gasteiger partial charge in [0, 0.05) is 5.69 Å². The van der Waals surface area contributed by atoms with Crippen LogP contribution < -0.4 is 9.64 Å². The van der Waals surface area contributed by atoms with E-state index in [1.54, 1.807) is 29.2 Å². The number of ether oxygens (including phenoxy) is 1. The zero-order valence-corrected chi connectivity index (χ0v) is 19.2. The normalized spacial score (nSPS) is 19.3. The highest BCUT2D eigenvalue weighted by Gasteiger charge is 2.57. The van der Waals surface area contributed by atoms with Gasteiger partial charge in [-0.2, -0.15) is 0 Å². The number of benzene rings is 3. The molecule has 3 amide bonds. The third kappa shape index (κ3) is 3.55. The molecular weight excluding hydrogens is 428 g/mol. The smallest absolute Gasteiger partial charge is 0.262 e. The highest BCUT2D eigenvalue weighted by Crippen LogP contribution is 2.44. The van der Waals surface area contributed by atoms with Crippen LogP contribution in [0.5, 0.6) is 5.75 Å². The summed E-state index contributed by atoms with van der Waals surface area (Å²) in [6.45, 7) is 4.74. The molecule has 1 fully saturated rings. The molecule has 0 saturated carbocycles. The summed E-state index contributed by atoms with van der Waals surface area (Å²) in [4.78, 5) is 42.6. The fourth-order valence-corrected chi connectivity index (χ4v) is 4.61. The van der Waals surface area contributed by atoms with Crippen LogP contribution in [-0.4, -0.2) is 35.3 Å². The first-order valence-electron chi connectivity index (χ1n) is 11.6. The molecule has 2 aliphatic heterocycles. The number of imide groups is 1. The first-order chi connectivity index (χ1) is 16.5. The van der Waals surface area contributed by atoms with Crippen molar-refractivity contribution in [3.05, 3.63) is 95.1 Å². The number of anilines is 1. The molecule has 2 aliphatic rings. The lowest BCUT2D eigenvalue weighted by atomic mass is 9.86. The van der Waals surface area contributed by atoms with Gasteiger partial charge in [0.25, 0.3) is 17.7 Å². The maximum Gasteiger partial charge on any atom is 0.262 e. The SMILES string of the molecule is CCCCOc1ccc([C@@H]2[C@@H](N3C(=O)c4ccccc4C3=O)C(=O)N2c2ccc(C)cc2)cc1. The maximum atomic E-state index is 13.5. The van der Waals surface area contributed by atoms with Crippen LogP contribution in [0.25, 0.3) is 0 Å². The molecule has 3 aromatic rings. The van der Waals surface area contributed by atoms with E-state index in [2.05, 4.69) is 6.92 Å². The van der Waals surface area contributed by atoms with Gasteiger partial charge in [0.05, 0.1) is 23.8 Å². The standard InChI is InChI=1S/C28H26N2O4/c1-3-4-17-34-21-15-11-19(12-16-21)24-25(28(33)29(24)20-13-9-18(2)10-14-20)30-26(31)22-7-5-6-8-23(22)27(30)32/h5-16,24-25H,3-4,17H2,1-2H3/t24-,25-/m1/s1. The van der Waals surface area contributed by atoms with Gasteiger partial charge in [-0.15, -0.1) is 0 Å². The Balaban J connectivity index is 1.50. The summed E-state index contributed by atoms with van der Waals surface area (Å²) in [5.41, 5.74) is 3.33. The van der Waals surface area contributed by atoms with E-state index in [9.17, 15) is 14.4 Å². The Labute approximate surface area is 198 Å². The Morgan fingerprint density at radius 2 is 1.38 bits per heavy atom. The number of hydrogen-bond acceptors (Lipinski definition) is 4. The van der Waals surface area contributed by atoms with Crippen LogP contribution in [-0.2, 0) is 4.79 Å². The van der Waals surface area contributed by atoms with E-state index in [0.717, 1.165) is 40.3 Å². The van der Waals surface area contributed by atoms with Crippen LogP contribution in [0, 0.1) is 6.92 Å². The molecule has 1 saturated heterocycles. The summed E-state index contributed by atoms with van der Waals surface area (Å²) >= 11 is 0. The molecule has 0 bridgehead atoms. The monoisotopic (exact) mass is 454 g/mol. The summed E-state index contributed by atoms with van der Waals surface area (Å²) < 4.78 is 5.78. The van der Waals surface area contributed by atoms with Gasteiger partial charge in [0.1, 0.15) is 11.8 Å². The van der Waals surface area contributed by atoms with Crippen molar-refractivity contribution in [2.24, 2.45) is 0 Å². The number of rotatable bonds is 7. The predicted molar refractivity (Wildman–Crippen MR) is 129 cm³/mol. The molecule has 0 unspecified atom stereocenters. The number of fused-ring (bicyclic) bond motifs is 1. The number of aryl methyl sites for hydroxylation is 1. The summed E-state index contributed by atoms with van der Waals surface area (Å²) in [5.74, 6) is -0.368. The van der Waals surface area contributed by atoms with E-state index in [4.69, 9.17) is 4.74 Å². The highest BCUT2D eigenvalue weighted by atomic mass is 16.5. The van der Waals surface area contributed by atoms with Gasteiger partial charge < -0.3 is 9.64 Å². The Morgan fingerprint density at radius 3 is 1.97 bits per heavy atom. The van der Waals surface area contributed by atoms with Gasteiger partial charge in [-0.3, -0.25) is 19.3 Å². The minimum atomic E-state index is -0.902. The van der Waals surface area contributed by atoms with E-state index >= 15 is 0 Å². The van der Waals surface area contributed by atoms with Crippen molar-refractivity contribution < 1.29 is 19.1 Å². The molecule has 0 N–H and O–H groups in total. The lowest BCUT2D eigenvalue weighted by Gasteiger charge is -2.49. The number of unbranched alkanes of at least 4 members (excludes halogenated alkanes) is 1. The average Bonchev–Trinajstić information content (AvgIpc) is 3.10. The molecule has 3 aromatic carbocycles. The number of hydrogen-bond donors (Lipinski definition) is 0. The Hall–Kier alpha value is -3.93. The molecule has 0 aliphatic carbocycles. The largest absolute Gasteiger partial charge is 0.494 e. The van der Waals surface area contributed by atoms with E-state index < -0.39 is 23.9 Å². The second-order valence-electron chi connectivity index (χ2n) is 8.73. The maximum absolute atomic E-state index is 13.5. The van der Waals surface area contributed by atoms with Gasteiger partial charge in [-0.05, 0) is 55.3 Å². The van der Waals surface area contributed by atoms with E-state index in [0.29, 0.717) is 17.7 Å². The van der Waals surface area contributed by atoms with Gasteiger partial charge in [0.2, 0.25) is 0 Å². The second-order valence-corrected chi connectivity index (χ2v) is 8.73. The quantitative estimate of drug-likeness (QED) is 0.289. The molecule has 0 radical (unpaired) electrons. The van der Waals surface area contributed by atoms with Gasteiger partial charge in [-0.1, -0.05) is 55.3 Å². The topological polar surface area (TPSA) is 66.9 Å². The minimum Gasteiger partial charge on any atom is -0.494 e. The summed E-state index contributed by atoms with van der Waals surface area (Å²) in [5, 5.41) is 0. The Morgan fingerprint density at radius 1 is 0.765 bits per heavy atom. The fraction of sp³-hybridized carbons (Fsp3) is 0.250. The summed E-state index contributed by atoms with van der Waals surface area (Å²) in [6.07, 6.45) is 2.03. The van der Waals surface area contributed by atoms with E-state index in [-0.39, 0.29) is 5.91 Å². The number of carbonyl (C=O) groups is 3. The number of carbonyl (C=O) groups excluding carboxylic acids is 3. The van der Waals surface area contributed by atoms with Crippen molar-refractivity contribution in [2.45, 2.75) is 38.8 Å². The number of β-lactam (4-membered cyclic amide) rings is 1. The van der Waals surface area contributed by atoms with Crippen LogP contribution in [0.1, 0.15) is 57.7 Å². The highest BCUT2D eigenvalue weighted by molar-refractivity contribution is 6.24. The molecule has 0 spiro atoms. The Bertz CT molecular complexity index is 1220. The van der Waals surface area contributed by atoms with Gasteiger partial charge >= 0.3 is 0 Å². The fourth-order valence-electron chi connectivity index (χ4n) is 4.61. The van der Waals surface area contributed by atoms with Crippen molar-refractivity contribution in [1.29, 1.82) is 0 Å². The van der Waals surface area contributed by atoms with Crippen molar-refractivity contribution in [1.82, 2.24) is 4.90 Å². The molecule has 172 valence electrons. The van der Waals surface area contributed by atoms with E-state index in [1.165, 1.54) is 0 Å². The van der Waals surface area contributed by atoms with Crippen LogP contribution in [0.3, 0.4) is 0 Å². The number of nitrogens with zero attached hydrogens (tertiary/aromatic N) is 2. The third-order valence-corrected chi connectivity index (χ3v) is 6.47. The van der Waals surface area contributed by atoms with Gasteiger partial charge in [-0.25, -0.2) is 0 Å². The first kappa shape index (κ1) is 21.9. The van der Waals surface area contributed by atoms with Gasteiger partial charge in [0.15, 0.2) is 0 Å². The van der Waals surface area contributed by atoms with Crippen molar-refractivity contribution >= 4 is 23.4 Å². The predicted octanol–water partition coefficient (Wildman–Crippen LogP) is 4.93. The van der Waals surface area contributed by atoms with Crippen molar-refractivity contribution in [2.75, 3.05) is 11.5 Å². The van der Waals surface area contributed by atoms with Crippen LogP contribution >= 0.6 is 0 Å². The molecule has 34 heavy (non-hydrogen) atoms. The van der Waals surface area contributed by atoms with Crippen molar-refractivity contribution in [3.63, 3.8) is 0 Å². The Kier molecular flexibility index (Phi) is 5.65. The summed E-state index contributed by atoms with van der Waals surface area (Å²) in [7, 11) is 0. The minimum absolute atomic E-state index is 0.272. The zero-order chi connectivity index (χ0) is 23.8. The zero-order valence-electron chi connectivity index (χ0n) is 19.2. The van der Waals surface area contributed by atoms with Crippen LogP contribution in [0.15, 0.2) is 72.8 Å². The van der Waals surface area contributed by atoms with Crippen LogP contribution in [0.2, 0.25) is 0 Å². The van der Waals surface area contributed by atoms with Crippen LogP contribution in [0.4, 0.5) is 5.69 Å². The summed E-state index contributed by atoms with van der Waals surface area (Å²) in [6, 6.07) is 20.6. The third-order valence-electron chi connectivity index (χ3n) is 6.47. The lowest BCUT2D eigenvalue weighted by Crippen LogP contribution is -2.67. The second kappa shape index (κ2) is 8.78. The molecule has 2 heterocycles. The molecule has 6 heteroatoms. The molecular formula is C28H26N2O4. The molecule has 6 nitrogen and oxygen atoms in total. The lowest BCUT2D eigenvalue weighted by molar-refractivity contribution is -0.130. The average molecular weight is 455 g/mol. The first-order valence-corrected chi connectivity index (χ1v) is 11.6. The van der Waals surface area contributed by atoms with Crippen molar-refractivity contribution in [3.8, 4) is 5.75 Å². The molecule has 0 aromatic heterocycles. The number of amides is 3. The van der Waals surface area contributed by atoms with E-state index in [1.807, 2.05) is 55.5 Å². The molecule has 2 atom stereocenters. The molecule has 5 rings (SSSR count).